The third-order valence-electron chi connectivity index (χ3n) is 4.08. The van der Waals surface area contributed by atoms with Gasteiger partial charge in [0.1, 0.15) is 11.3 Å². The molecule has 3 amide bonds. The molecule has 1 heterocycles. The van der Waals surface area contributed by atoms with Crippen molar-refractivity contribution in [1.82, 2.24) is 10.6 Å². The van der Waals surface area contributed by atoms with Crippen molar-refractivity contribution in [3.05, 3.63) is 65.2 Å². The van der Waals surface area contributed by atoms with Crippen LogP contribution in [0, 0.1) is 0 Å². The Hall–Kier alpha value is -3.85. The highest BCUT2D eigenvalue weighted by Crippen LogP contribution is 2.16. The third kappa shape index (κ3) is 5.36. The number of carbonyl (C=O) groups is 4. The van der Waals surface area contributed by atoms with E-state index in [0.29, 0.717) is 22.6 Å². The smallest absolute Gasteiger partial charge is 0.263 e. The number of hydrogen-bond donors (Lipinski definition) is 3. The lowest BCUT2D eigenvalue weighted by Gasteiger charge is -2.16. The zero-order chi connectivity index (χ0) is 21.7. The van der Waals surface area contributed by atoms with Crippen LogP contribution in [0.15, 0.2) is 54.1 Å². The normalized spacial score (nSPS) is 13.2. The molecule has 2 aromatic rings. The van der Waals surface area contributed by atoms with Crippen LogP contribution in [0.2, 0.25) is 0 Å². The van der Waals surface area contributed by atoms with Crippen molar-refractivity contribution in [1.29, 1.82) is 0 Å². The molecule has 0 aliphatic carbocycles. The van der Waals surface area contributed by atoms with Gasteiger partial charge >= 0.3 is 0 Å². The standard InChI is InChI=1S/C21H17N3O5S/c1-12(25)14-4-6-15(7-5-14)22-18(26)11-29-16-8-2-13(3-9-16)10-17-19(27)23-21(30)24-20(17)28/h2-10H,11H2,1H3,(H,22,26)(H2,23,24,27,28,30). The quantitative estimate of drug-likeness (QED) is 0.283. The Labute approximate surface area is 177 Å². The summed E-state index contributed by atoms with van der Waals surface area (Å²) in [5.74, 6) is -1.11. The number of hydrogen-bond acceptors (Lipinski definition) is 6. The van der Waals surface area contributed by atoms with Gasteiger partial charge in [-0.15, -0.1) is 0 Å². The summed E-state index contributed by atoms with van der Waals surface area (Å²) in [6, 6.07) is 13.1. The molecule has 0 saturated carbocycles. The Kier molecular flexibility index (Phi) is 6.33. The number of nitrogens with one attached hydrogen (secondary N) is 3. The maximum Gasteiger partial charge on any atom is 0.263 e. The summed E-state index contributed by atoms with van der Waals surface area (Å²) in [7, 11) is 0. The van der Waals surface area contributed by atoms with Crippen molar-refractivity contribution in [2.24, 2.45) is 0 Å². The molecule has 2 aromatic carbocycles. The van der Waals surface area contributed by atoms with Crippen molar-refractivity contribution in [2.75, 3.05) is 11.9 Å². The van der Waals surface area contributed by atoms with E-state index in [1.165, 1.54) is 13.0 Å². The van der Waals surface area contributed by atoms with Crippen LogP contribution in [-0.4, -0.2) is 35.2 Å². The summed E-state index contributed by atoms with van der Waals surface area (Å²) < 4.78 is 5.44. The highest BCUT2D eigenvalue weighted by atomic mass is 32.1. The maximum absolute atomic E-state index is 12.0. The number of Topliss-reactive ketones (excluding diaryl/α,β-unsaturated/α-hetero) is 1. The highest BCUT2D eigenvalue weighted by molar-refractivity contribution is 7.80. The van der Waals surface area contributed by atoms with Gasteiger partial charge in [0.25, 0.3) is 17.7 Å². The molecule has 0 bridgehead atoms. The van der Waals surface area contributed by atoms with Gasteiger partial charge in [0.05, 0.1) is 0 Å². The van der Waals surface area contributed by atoms with Crippen molar-refractivity contribution in [3.63, 3.8) is 0 Å². The zero-order valence-electron chi connectivity index (χ0n) is 15.9. The second kappa shape index (κ2) is 9.10. The molecule has 3 rings (SSSR count). The Bertz CT molecular complexity index is 1040. The number of rotatable bonds is 6. The fourth-order valence-corrected chi connectivity index (χ4v) is 2.75. The number of thiocarbonyl (C=S) groups is 1. The minimum atomic E-state index is -0.572. The molecule has 1 aliphatic rings. The number of ether oxygens (including phenoxy) is 1. The van der Waals surface area contributed by atoms with Crippen LogP contribution in [0.1, 0.15) is 22.8 Å². The van der Waals surface area contributed by atoms with E-state index in [-0.39, 0.29) is 29.0 Å². The van der Waals surface area contributed by atoms with Crippen molar-refractivity contribution >= 4 is 52.6 Å². The molecule has 8 nitrogen and oxygen atoms in total. The van der Waals surface area contributed by atoms with E-state index in [9.17, 15) is 19.2 Å². The van der Waals surface area contributed by atoms with Gasteiger partial charge in [0.2, 0.25) is 0 Å². The molecule has 0 spiro atoms. The molecule has 0 atom stereocenters. The minimum absolute atomic E-state index is 0.0287. The Morgan fingerprint density at radius 3 is 2.17 bits per heavy atom. The summed E-state index contributed by atoms with van der Waals surface area (Å²) in [5, 5.41) is 7.36. The van der Waals surface area contributed by atoms with E-state index >= 15 is 0 Å². The summed E-state index contributed by atoms with van der Waals surface area (Å²) >= 11 is 4.75. The predicted octanol–water partition coefficient (Wildman–Crippen LogP) is 1.82. The molecule has 0 unspecified atom stereocenters. The lowest BCUT2D eigenvalue weighted by Crippen LogP contribution is -2.51. The monoisotopic (exact) mass is 423 g/mol. The molecule has 0 aromatic heterocycles. The van der Waals surface area contributed by atoms with Crippen LogP contribution < -0.4 is 20.7 Å². The average Bonchev–Trinajstić information content (AvgIpc) is 2.70. The van der Waals surface area contributed by atoms with Crippen LogP contribution in [-0.2, 0) is 14.4 Å². The summed E-state index contributed by atoms with van der Waals surface area (Å²) in [6.07, 6.45) is 1.42. The van der Waals surface area contributed by atoms with Crippen LogP contribution >= 0.6 is 12.2 Å². The first-order chi connectivity index (χ1) is 14.3. The Morgan fingerprint density at radius 1 is 1.00 bits per heavy atom. The van der Waals surface area contributed by atoms with Crippen LogP contribution in [0.25, 0.3) is 6.08 Å². The van der Waals surface area contributed by atoms with E-state index in [1.807, 2.05) is 0 Å². The summed E-state index contributed by atoms with van der Waals surface area (Å²) in [4.78, 5) is 47.0. The first-order valence-electron chi connectivity index (χ1n) is 8.84. The summed E-state index contributed by atoms with van der Waals surface area (Å²) in [5.41, 5.74) is 1.65. The van der Waals surface area contributed by atoms with E-state index in [4.69, 9.17) is 17.0 Å². The zero-order valence-corrected chi connectivity index (χ0v) is 16.7. The van der Waals surface area contributed by atoms with Gasteiger partial charge in [-0.1, -0.05) is 12.1 Å². The molecule has 9 heteroatoms. The Morgan fingerprint density at radius 2 is 1.60 bits per heavy atom. The molecule has 1 fully saturated rings. The lowest BCUT2D eigenvalue weighted by molar-refractivity contribution is -0.123. The SMILES string of the molecule is CC(=O)c1ccc(NC(=O)COc2ccc(C=C3C(=O)NC(=S)NC3=O)cc2)cc1. The first kappa shape index (κ1) is 20.9. The van der Waals surface area contributed by atoms with Crippen molar-refractivity contribution in [3.8, 4) is 5.75 Å². The average molecular weight is 423 g/mol. The van der Waals surface area contributed by atoms with Crippen LogP contribution in [0.3, 0.4) is 0 Å². The van der Waals surface area contributed by atoms with Gasteiger partial charge < -0.3 is 10.1 Å². The van der Waals surface area contributed by atoms with E-state index < -0.39 is 11.8 Å². The number of carbonyl (C=O) groups excluding carboxylic acids is 4. The fraction of sp³-hybridized carbons (Fsp3) is 0.0952. The topological polar surface area (TPSA) is 114 Å². The van der Waals surface area contributed by atoms with Gasteiger partial charge in [0, 0.05) is 11.3 Å². The third-order valence-corrected chi connectivity index (χ3v) is 4.28. The van der Waals surface area contributed by atoms with Gasteiger partial charge in [-0.05, 0) is 67.2 Å². The fourth-order valence-electron chi connectivity index (χ4n) is 2.57. The van der Waals surface area contributed by atoms with E-state index in [1.54, 1.807) is 48.5 Å². The molecule has 1 aliphatic heterocycles. The summed E-state index contributed by atoms with van der Waals surface area (Å²) in [6.45, 7) is 1.26. The predicted molar refractivity (Wildman–Crippen MR) is 114 cm³/mol. The van der Waals surface area contributed by atoms with E-state index in [0.717, 1.165) is 0 Å². The maximum atomic E-state index is 12.0. The van der Waals surface area contributed by atoms with Crippen LogP contribution in [0.5, 0.6) is 5.75 Å². The molecule has 152 valence electrons. The molecule has 0 radical (unpaired) electrons. The second-order valence-electron chi connectivity index (χ2n) is 6.33. The van der Waals surface area contributed by atoms with Crippen LogP contribution in [0.4, 0.5) is 5.69 Å². The lowest BCUT2D eigenvalue weighted by atomic mass is 10.1. The molecular weight excluding hydrogens is 406 g/mol. The Balaban J connectivity index is 1.55. The second-order valence-corrected chi connectivity index (χ2v) is 6.74. The number of benzene rings is 2. The largest absolute Gasteiger partial charge is 0.484 e. The molecule has 30 heavy (non-hydrogen) atoms. The highest BCUT2D eigenvalue weighted by Gasteiger charge is 2.25. The number of amides is 3. The van der Waals surface area contributed by atoms with Gasteiger partial charge in [-0.2, -0.15) is 0 Å². The van der Waals surface area contributed by atoms with E-state index in [2.05, 4.69) is 16.0 Å². The van der Waals surface area contributed by atoms with Gasteiger partial charge in [0.15, 0.2) is 17.5 Å². The number of ketones is 1. The first-order valence-corrected chi connectivity index (χ1v) is 9.25. The van der Waals surface area contributed by atoms with Gasteiger partial charge in [-0.25, -0.2) is 0 Å². The molecule has 1 saturated heterocycles. The van der Waals surface area contributed by atoms with Crippen molar-refractivity contribution < 1.29 is 23.9 Å². The molecule has 3 N–H and O–H groups in total. The number of anilines is 1. The molecular formula is C21H17N3O5S. The minimum Gasteiger partial charge on any atom is -0.484 e. The van der Waals surface area contributed by atoms with Crippen molar-refractivity contribution in [2.45, 2.75) is 6.92 Å². The van der Waals surface area contributed by atoms with Gasteiger partial charge in [-0.3, -0.25) is 29.8 Å².